The zero-order chi connectivity index (χ0) is 21.9. The Morgan fingerprint density at radius 1 is 1.03 bits per heavy atom. The number of rotatable bonds is 8. The summed E-state index contributed by atoms with van der Waals surface area (Å²) in [7, 11) is 1.84. The van der Waals surface area contributed by atoms with Gasteiger partial charge in [0.2, 0.25) is 23.5 Å². The Hall–Kier alpha value is -3.92. The van der Waals surface area contributed by atoms with Gasteiger partial charge in [-0.15, -0.1) is 0 Å². The Labute approximate surface area is 184 Å². The summed E-state index contributed by atoms with van der Waals surface area (Å²) in [4.78, 5) is 23.5. The zero-order valence-electron chi connectivity index (χ0n) is 17.5. The van der Waals surface area contributed by atoms with Crippen LogP contribution >= 0.6 is 0 Å². The first-order valence-corrected chi connectivity index (χ1v) is 10.3. The summed E-state index contributed by atoms with van der Waals surface area (Å²) in [5, 5.41) is 4.01. The van der Waals surface area contributed by atoms with E-state index in [0.29, 0.717) is 24.0 Å². The van der Waals surface area contributed by atoms with Crippen molar-refractivity contribution in [1.82, 2.24) is 30.1 Å². The van der Waals surface area contributed by atoms with E-state index < -0.39 is 0 Å². The number of para-hydroxylation sites is 1. The van der Waals surface area contributed by atoms with Crippen molar-refractivity contribution in [3.05, 3.63) is 54.4 Å². The summed E-state index contributed by atoms with van der Waals surface area (Å²) in [5.74, 6) is 1.93. The van der Waals surface area contributed by atoms with Gasteiger partial charge in [-0.25, -0.2) is 0 Å². The van der Waals surface area contributed by atoms with Crippen molar-refractivity contribution in [2.24, 2.45) is 5.92 Å². The topological polar surface area (TPSA) is 129 Å². The van der Waals surface area contributed by atoms with Crippen molar-refractivity contribution < 1.29 is 9.26 Å². The lowest BCUT2D eigenvalue weighted by Crippen LogP contribution is -2.15. The molecule has 10 heteroatoms. The van der Waals surface area contributed by atoms with Gasteiger partial charge in [0.1, 0.15) is 0 Å². The van der Waals surface area contributed by atoms with Crippen LogP contribution in [0.1, 0.15) is 18.5 Å². The molecular formula is C22H22N8O2. The summed E-state index contributed by atoms with van der Waals surface area (Å²) in [5.41, 5.74) is 8.37. The summed E-state index contributed by atoms with van der Waals surface area (Å²) in [6.45, 7) is 1.29. The number of pyridine rings is 1. The van der Waals surface area contributed by atoms with E-state index in [4.69, 9.17) is 15.0 Å². The van der Waals surface area contributed by atoms with Crippen molar-refractivity contribution in [3.8, 4) is 23.1 Å². The largest absolute Gasteiger partial charge is 0.375 e. The molecule has 0 bridgehead atoms. The van der Waals surface area contributed by atoms with Crippen LogP contribution in [0.15, 0.2) is 53.2 Å². The third-order valence-electron chi connectivity index (χ3n) is 5.08. The van der Waals surface area contributed by atoms with Crippen molar-refractivity contribution in [3.63, 3.8) is 0 Å². The molecule has 5 rings (SSSR count). The Kier molecular flexibility index (Phi) is 5.42. The molecule has 0 amide bonds. The van der Waals surface area contributed by atoms with Crippen LogP contribution in [0, 0.1) is 5.92 Å². The van der Waals surface area contributed by atoms with Gasteiger partial charge in [0, 0.05) is 25.5 Å². The maximum Gasteiger partial charge on any atom is 0.259 e. The number of nitrogen functional groups attached to an aromatic ring is 1. The molecule has 0 radical (unpaired) electrons. The molecule has 1 aliphatic carbocycles. The van der Waals surface area contributed by atoms with E-state index in [1.807, 2.05) is 49.5 Å². The second kappa shape index (κ2) is 8.67. The van der Waals surface area contributed by atoms with E-state index in [1.54, 1.807) is 11.1 Å². The summed E-state index contributed by atoms with van der Waals surface area (Å²) < 4.78 is 11.1. The molecule has 3 aromatic heterocycles. The predicted molar refractivity (Wildman–Crippen MR) is 118 cm³/mol. The van der Waals surface area contributed by atoms with Crippen molar-refractivity contribution in [1.29, 1.82) is 0 Å². The summed E-state index contributed by atoms with van der Waals surface area (Å²) in [6.07, 6.45) is 4.22. The molecule has 0 saturated heterocycles. The molecule has 0 aliphatic heterocycles. The highest BCUT2D eigenvalue weighted by molar-refractivity contribution is 5.60. The molecular weight excluding hydrogens is 408 g/mol. The lowest BCUT2D eigenvalue weighted by Gasteiger charge is -2.17. The maximum absolute atomic E-state index is 5.91. The molecule has 3 heterocycles. The van der Waals surface area contributed by atoms with Gasteiger partial charge in [-0.2, -0.15) is 19.9 Å². The van der Waals surface area contributed by atoms with Gasteiger partial charge in [0.15, 0.2) is 0 Å². The van der Waals surface area contributed by atoms with Crippen LogP contribution in [0.25, 0.3) is 23.1 Å². The minimum atomic E-state index is 0.0661. The molecule has 1 aliphatic rings. The Morgan fingerprint density at radius 3 is 2.62 bits per heavy atom. The monoisotopic (exact) mass is 430 g/mol. The lowest BCUT2D eigenvalue weighted by molar-refractivity contribution is 0.109. The Morgan fingerprint density at radius 2 is 1.88 bits per heavy atom. The van der Waals surface area contributed by atoms with Gasteiger partial charge in [0.25, 0.3) is 5.89 Å². The number of aromatic nitrogens is 6. The van der Waals surface area contributed by atoms with Crippen molar-refractivity contribution >= 4 is 17.6 Å². The third-order valence-corrected chi connectivity index (χ3v) is 5.08. The highest BCUT2D eigenvalue weighted by Gasteiger charge is 2.21. The highest BCUT2D eigenvalue weighted by atomic mass is 16.5. The van der Waals surface area contributed by atoms with E-state index in [1.165, 1.54) is 12.8 Å². The molecule has 4 aromatic rings. The smallest absolute Gasteiger partial charge is 0.259 e. The van der Waals surface area contributed by atoms with Gasteiger partial charge < -0.3 is 19.9 Å². The van der Waals surface area contributed by atoms with E-state index in [9.17, 15) is 0 Å². The van der Waals surface area contributed by atoms with Crippen LogP contribution in [0.2, 0.25) is 0 Å². The quantitative estimate of drug-likeness (QED) is 0.444. The van der Waals surface area contributed by atoms with Crippen LogP contribution < -0.4 is 10.6 Å². The lowest BCUT2D eigenvalue weighted by atomic mass is 10.2. The Bertz CT molecular complexity index is 1190. The van der Waals surface area contributed by atoms with Crippen LogP contribution in [0.4, 0.5) is 17.6 Å². The van der Waals surface area contributed by atoms with Gasteiger partial charge >= 0.3 is 0 Å². The molecule has 10 nitrogen and oxygen atoms in total. The zero-order valence-corrected chi connectivity index (χ0v) is 17.5. The number of ether oxygens (including phenoxy) is 1. The first kappa shape index (κ1) is 20.0. The second-order valence-corrected chi connectivity index (χ2v) is 7.63. The van der Waals surface area contributed by atoms with Crippen molar-refractivity contribution in [2.75, 3.05) is 24.3 Å². The SMILES string of the molecule is CN(c1ccccc1)c1nc(N)nc(-c2noc(-c3ccc(COCC4CC4)nc3)n2)n1. The molecule has 0 atom stereocenters. The average Bonchev–Trinajstić information content (AvgIpc) is 3.52. The number of nitrogens with zero attached hydrogens (tertiary/aromatic N) is 7. The van der Waals surface area contributed by atoms with Gasteiger partial charge in [-0.1, -0.05) is 23.4 Å². The van der Waals surface area contributed by atoms with Gasteiger partial charge in [-0.05, 0) is 43.0 Å². The molecule has 162 valence electrons. The fraction of sp³-hybridized carbons (Fsp3) is 0.273. The molecule has 1 fully saturated rings. The van der Waals surface area contributed by atoms with E-state index in [-0.39, 0.29) is 17.6 Å². The highest BCUT2D eigenvalue weighted by Crippen LogP contribution is 2.29. The van der Waals surface area contributed by atoms with Crippen LogP contribution in [0.3, 0.4) is 0 Å². The summed E-state index contributed by atoms with van der Waals surface area (Å²) >= 11 is 0. The normalized spacial score (nSPS) is 13.3. The van der Waals surface area contributed by atoms with Crippen LogP contribution in [0.5, 0.6) is 0 Å². The summed E-state index contributed by atoms with van der Waals surface area (Å²) in [6, 6.07) is 13.5. The average molecular weight is 430 g/mol. The standard InChI is InChI=1S/C22H22N8O2/c1-30(17-5-3-2-4-6-17)22-27-18(26-21(23)28-22)19-25-20(32-29-19)15-9-10-16(24-11-15)13-31-12-14-7-8-14/h2-6,9-11,14H,7-8,12-13H2,1H3,(H2,23,26,27,28). The molecule has 0 spiro atoms. The molecule has 1 aromatic carbocycles. The minimum absolute atomic E-state index is 0.0661. The van der Waals surface area contributed by atoms with Crippen LogP contribution in [-0.2, 0) is 11.3 Å². The number of benzene rings is 1. The number of anilines is 3. The molecule has 1 saturated carbocycles. The first-order chi connectivity index (χ1) is 15.7. The van der Waals surface area contributed by atoms with E-state index in [0.717, 1.165) is 23.9 Å². The number of hydrogen-bond donors (Lipinski definition) is 1. The van der Waals surface area contributed by atoms with E-state index >= 15 is 0 Å². The first-order valence-electron chi connectivity index (χ1n) is 10.3. The predicted octanol–water partition coefficient (Wildman–Crippen LogP) is 3.26. The van der Waals surface area contributed by atoms with Crippen LogP contribution in [-0.4, -0.2) is 43.7 Å². The second-order valence-electron chi connectivity index (χ2n) is 7.63. The molecule has 32 heavy (non-hydrogen) atoms. The number of hydrogen-bond acceptors (Lipinski definition) is 10. The van der Waals surface area contributed by atoms with E-state index in [2.05, 4.69) is 30.1 Å². The third kappa shape index (κ3) is 4.54. The minimum Gasteiger partial charge on any atom is -0.375 e. The fourth-order valence-corrected chi connectivity index (χ4v) is 3.08. The molecule has 2 N–H and O–H groups in total. The maximum atomic E-state index is 5.91. The van der Waals surface area contributed by atoms with Gasteiger partial charge in [-0.3, -0.25) is 4.98 Å². The van der Waals surface area contributed by atoms with Gasteiger partial charge in [0.05, 0.1) is 17.9 Å². The Balaban J connectivity index is 1.33. The molecule has 0 unspecified atom stereocenters. The number of nitrogens with two attached hydrogens (primary N) is 1. The fourth-order valence-electron chi connectivity index (χ4n) is 3.08. The van der Waals surface area contributed by atoms with Crippen molar-refractivity contribution in [2.45, 2.75) is 19.4 Å².